The van der Waals surface area contributed by atoms with Crippen LogP contribution in [0.25, 0.3) is 11.1 Å². The van der Waals surface area contributed by atoms with Gasteiger partial charge in [-0.05, 0) is 5.56 Å². The van der Waals surface area contributed by atoms with Gasteiger partial charge in [-0.25, -0.2) is 0 Å². The van der Waals surface area contributed by atoms with Crippen LogP contribution in [-0.2, 0) is 0 Å². The Morgan fingerprint density at radius 1 is 1.20 bits per heavy atom. The molecule has 0 saturated carbocycles. The lowest BCUT2D eigenvalue weighted by molar-refractivity contribution is 0.100. The van der Waals surface area contributed by atoms with Crippen molar-refractivity contribution < 1.29 is 9.21 Å². The maximum atomic E-state index is 11.2. The Morgan fingerprint density at radius 3 is 2.47 bits per heavy atom. The zero-order chi connectivity index (χ0) is 10.8. The molecule has 0 bridgehead atoms. The molecule has 0 fully saturated rings. The van der Waals surface area contributed by atoms with Crippen molar-refractivity contribution in [2.24, 2.45) is 5.73 Å². The van der Waals surface area contributed by atoms with E-state index in [9.17, 15) is 4.79 Å². The van der Waals surface area contributed by atoms with E-state index < -0.39 is 5.91 Å². The minimum absolute atomic E-state index is 0.0568. The topological polar surface area (TPSA) is 82.2 Å². The van der Waals surface area contributed by atoms with Crippen molar-refractivity contribution in [2.75, 3.05) is 5.73 Å². The summed E-state index contributed by atoms with van der Waals surface area (Å²) < 4.78 is 4.99. The summed E-state index contributed by atoms with van der Waals surface area (Å²) >= 11 is 0. The molecule has 2 aromatic rings. The fourth-order valence-corrected chi connectivity index (χ4v) is 1.46. The monoisotopic (exact) mass is 202 g/mol. The Labute approximate surface area is 86.5 Å². The number of amides is 1. The highest BCUT2D eigenvalue weighted by Crippen LogP contribution is 2.29. The van der Waals surface area contributed by atoms with Crippen molar-refractivity contribution in [1.29, 1.82) is 0 Å². The van der Waals surface area contributed by atoms with Crippen molar-refractivity contribution in [3.05, 3.63) is 42.2 Å². The number of nitrogens with two attached hydrogens (primary N) is 2. The Kier molecular flexibility index (Phi) is 2.17. The molecule has 4 nitrogen and oxygen atoms in total. The molecule has 1 aromatic carbocycles. The summed E-state index contributed by atoms with van der Waals surface area (Å²) in [5, 5.41) is 0. The van der Waals surface area contributed by atoms with Gasteiger partial charge in [-0.2, -0.15) is 0 Å². The molecule has 0 aliphatic rings. The molecule has 0 saturated heterocycles. The van der Waals surface area contributed by atoms with Crippen LogP contribution in [0.2, 0.25) is 0 Å². The van der Waals surface area contributed by atoms with E-state index in [1.165, 1.54) is 6.26 Å². The lowest BCUT2D eigenvalue weighted by Crippen LogP contribution is -2.12. The van der Waals surface area contributed by atoms with Gasteiger partial charge in [0.15, 0.2) is 0 Å². The van der Waals surface area contributed by atoms with Crippen LogP contribution in [0.15, 0.2) is 41.0 Å². The Hall–Kier alpha value is -2.23. The molecule has 0 aliphatic heterocycles. The number of furan rings is 1. The molecule has 0 unspecified atom stereocenters. The number of carbonyl (C=O) groups excluding carboxylic acids is 1. The first-order chi connectivity index (χ1) is 7.20. The molecule has 0 atom stereocenters. The number of benzene rings is 1. The number of carbonyl (C=O) groups is 1. The van der Waals surface area contributed by atoms with E-state index in [2.05, 4.69) is 0 Å². The summed E-state index contributed by atoms with van der Waals surface area (Å²) in [6.45, 7) is 0. The lowest BCUT2D eigenvalue weighted by atomic mass is 10.0. The first-order valence-electron chi connectivity index (χ1n) is 4.42. The largest absolute Gasteiger partial charge is 0.448 e. The molecule has 0 spiro atoms. The van der Waals surface area contributed by atoms with E-state index in [0.29, 0.717) is 5.56 Å². The molecule has 1 amide bonds. The van der Waals surface area contributed by atoms with Crippen LogP contribution in [0.4, 0.5) is 5.88 Å². The van der Waals surface area contributed by atoms with Crippen molar-refractivity contribution in [3.8, 4) is 11.1 Å². The zero-order valence-electron chi connectivity index (χ0n) is 7.94. The van der Waals surface area contributed by atoms with Gasteiger partial charge in [-0.15, -0.1) is 0 Å². The Bertz CT molecular complexity index is 489. The van der Waals surface area contributed by atoms with Gasteiger partial charge in [0.1, 0.15) is 11.8 Å². The highest BCUT2D eigenvalue weighted by atomic mass is 16.3. The zero-order valence-corrected chi connectivity index (χ0v) is 7.94. The number of hydrogen-bond donors (Lipinski definition) is 2. The van der Waals surface area contributed by atoms with Crippen molar-refractivity contribution in [3.63, 3.8) is 0 Å². The average Bonchev–Trinajstić information content (AvgIpc) is 2.61. The van der Waals surface area contributed by atoms with Gasteiger partial charge < -0.3 is 15.9 Å². The van der Waals surface area contributed by atoms with E-state index in [1.807, 2.05) is 30.3 Å². The minimum Gasteiger partial charge on any atom is -0.448 e. The SMILES string of the molecule is NC(=O)c1c(-c2ccccc2)coc1N. The minimum atomic E-state index is -0.583. The highest BCUT2D eigenvalue weighted by Gasteiger charge is 2.17. The molecule has 15 heavy (non-hydrogen) atoms. The van der Waals surface area contributed by atoms with Crippen LogP contribution < -0.4 is 11.5 Å². The smallest absolute Gasteiger partial charge is 0.254 e. The molecule has 1 heterocycles. The summed E-state index contributed by atoms with van der Waals surface area (Å²) in [6.07, 6.45) is 1.44. The fraction of sp³-hybridized carbons (Fsp3) is 0. The maximum absolute atomic E-state index is 11.2. The van der Waals surface area contributed by atoms with Crippen LogP contribution in [0, 0.1) is 0 Å². The van der Waals surface area contributed by atoms with Gasteiger partial charge >= 0.3 is 0 Å². The van der Waals surface area contributed by atoms with Gasteiger partial charge in [0.2, 0.25) is 5.88 Å². The van der Waals surface area contributed by atoms with Crippen molar-refractivity contribution >= 4 is 11.8 Å². The predicted octanol–water partition coefficient (Wildman–Crippen LogP) is 1.63. The molecule has 4 heteroatoms. The molecular formula is C11H10N2O2. The van der Waals surface area contributed by atoms with Crippen LogP contribution in [0.1, 0.15) is 10.4 Å². The van der Waals surface area contributed by atoms with Crippen LogP contribution in [0.5, 0.6) is 0 Å². The van der Waals surface area contributed by atoms with E-state index in [4.69, 9.17) is 15.9 Å². The molecule has 4 N–H and O–H groups in total. The number of primary amides is 1. The predicted molar refractivity (Wildman–Crippen MR) is 57.1 cm³/mol. The standard InChI is InChI=1S/C11H10N2O2/c12-10(14)9-8(6-15-11(9)13)7-4-2-1-3-5-7/h1-6H,13H2,(H2,12,14). The average molecular weight is 202 g/mol. The summed E-state index contributed by atoms with van der Waals surface area (Å²) in [5.74, 6) is -0.526. The lowest BCUT2D eigenvalue weighted by Gasteiger charge is -1.99. The number of nitrogen functional groups attached to an aromatic ring is 1. The van der Waals surface area contributed by atoms with Gasteiger partial charge in [0, 0.05) is 5.56 Å². The summed E-state index contributed by atoms with van der Waals surface area (Å²) in [4.78, 5) is 11.2. The van der Waals surface area contributed by atoms with Crippen molar-refractivity contribution in [2.45, 2.75) is 0 Å². The van der Waals surface area contributed by atoms with Gasteiger partial charge in [0.05, 0.1) is 0 Å². The quantitative estimate of drug-likeness (QED) is 0.776. The van der Waals surface area contributed by atoms with Gasteiger partial charge in [-0.3, -0.25) is 4.79 Å². The second-order valence-corrected chi connectivity index (χ2v) is 3.12. The van der Waals surface area contributed by atoms with E-state index in [1.54, 1.807) is 0 Å². The second-order valence-electron chi connectivity index (χ2n) is 3.12. The molecule has 0 radical (unpaired) electrons. The summed E-state index contributed by atoms with van der Waals surface area (Å²) in [7, 11) is 0. The molecule has 0 aliphatic carbocycles. The second kappa shape index (κ2) is 3.49. The third kappa shape index (κ3) is 1.57. The van der Waals surface area contributed by atoms with Crippen molar-refractivity contribution in [1.82, 2.24) is 0 Å². The molecular weight excluding hydrogens is 192 g/mol. The van der Waals surface area contributed by atoms with Gasteiger partial charge in [0.25, 0.3) is 5.91 Å². The highest BCUT2D eigenvalue weighted by molar-refractivity contribution is 6.03. The Morgan fingerprint density at radius 2 is 1.87 bits per heavy atom. The van der Waals surface area contributed by atoms with E-state index in [-0.39, 0.29) is 11.4 Å². The van der Waals surface area contributed by atoms with Crippen LogP contribution in [0.3, 0.4) is 0 Å². The first kappa shape index (κ1) is 9.33. The Balaban J connectivity index is 2.59. The number of anilines is 1. The fourth-order valence-electron chi connectivity index (χ4n) is 1.46. The third-order valence-corrected chi connectivity index (χ3v) is 2.15. The number of hydrogen-bond acceptors (Lipinski definition) is 3. The van der Waals surface area contributed by atoms with E-state index >= 15 is 0 Å². The molecule has 2 rings (SSSR count). The third-order valence-electron chi connectivity index (χ3n) is 2.15. The van der Waals surface area contributed by atoms with Crippen LogP contribution in [-0.4, -0.2) is 5.91 Å². The van der Waals surface area contributed by atoms with Gasteiger partial charge in [-0.1, -0.05) is 30.3 Å². The summed E-state index contributed by atoms with van der Waals surface area (Å²) in [6, 6.07) is 9.33. The van der Waals surface area contributed by atoms with Crippen LogP contribution >= 0.6 is 0 Å². The first-order valence-corrected chi connectivity index (χ1v) is 4.42. The normalized spacial score (nSPS) is 10.1. The van der Waals surface area contributed by atoms with E-state index in [0.717, 1.165) is 5.56 Å². The maximum Gasteiger partial charge on any atom is 0.254 e. The molecule has 76 valence electrons. The number of rotatable bonds is 2. The molecule has 1 aromatic heterocycles. The summed E-state index contributed by atoms with van der Waals surface area (Å²) in [5.41, 5.74) is 12.4.